The average Bonchev–Trinajstić information content (AvgIpc) is 1.87. The smallest absolute Gasteiger partial charge is 0.0789 e. The molecule has 37 valence electrons. The Morgan fingerprint density at radius 2 is 2.29 bits per heavy atom. The van der Waals surface area contributed by atoms with Gasteiger partial charge in [0.05, 0.1) is 3.79 Å². The first kappa shape index (κ1) is 5.79. The van der Waals surface area contributed by atoms with Crippen molar-refractivity contribution in [3.8, 4) is 0 Å². The summed E-state index contributed by atoms with van der Waals surface area (Å²) in [5.41, 5.74) is 0. The second kappa shape index (κ2) is 2.29. The third-order valence-electron chi connectivity index (χ3n) is 0.484. The normalized spacial score (nSPS) is 9.43. The van der Waals surface area contributed by atoms with Crippen LogP contribution in [0.2, 0.25) is 0 Å². The molecule has 0 N–H and O–H groups in total. The molecule has 0 aliphatic rings. The van der Waals surface area contributed by atoms with E-state index in [1.54, 1.807) is 11.3 Å². The number of rotatable bonds is 0. The summed E-state index contributed by atoms with van der Waals surface area (Å²) >= 11 is 8.14. The van der Waals surface area contributed by atoms with Crippen LogP contribution in [0.1, 0.15) is 0 Å². The van der Waals surface area contributed by atoms with Crippen LogP contribution in [0.3, 0.4) is 0 Å². The SMILES string of the molecule is Brc1[c]c(Br)sc1. The first-order valence-corrected chi connectivity index (χ1v) is 4.07. The fraction of sp³-hybridized carbons (Fsp3) is 0. The molecule has 0 unspecified atom stereocenters. The Hall–Kier alpha value is 0.660. The molecule has 7 heavy (non-hydrogen) atoms. The third-order valence-corrected chi connectivity index (χ3v) is 2.64. The maximum absolute atomic E-state index is 3.27. The summed E-state index contributed by atoms with van der Waals surface area (Å²) in [6.07, 6.45) is 0. The minimum Gasteiger partial charge on any atom is -0.135 e. The van der Waals surface area contributed by atoms with Gasteiger partial charge in [-0.25, -0.2) is 0 Å². The van der Waals surface area contributed by atoms with Gasteiger partial charge >= 0.3 is 0 Å². The third kappa shape index (κ3) is 1.55. The molecular weight excluding hydrogens is 240 g/mol. The second-order valence-corrected chi connectivity index (χ2v) is 4.03. The van der Waals surface area contributed by atoms with Crippen molar-refractivity contribution in [1.82, 2.24) is 0 Å². The maximum Gasteiger partial charge on any atom is 0.0789 e. The van der Waals surface area contributed by atoms with Gasteiger partial charge in [-0.3, -0.25) is 0 Å². The zero-order valence-electron chi connectivity index (χ0n) is 3.24. The molecule has 0 aliphatic heterocycles. The van der Waals surface area contributed by atoms with Gasteiger partial charge in [0, 0.05) is 15.9 Å². The molecule has 1 heterocycles. The molecule has 0 atom stereocenters. The van der Waals surface area contributed by atoms with Crippen LogP contribution >= 0.6 is 43.2 Å². The molecule has 1 rings (SSSR count). The van der Waals surface area contributed by atoms with Crippen molar-refractivity contribution in [2.45, 2.75) is 0 Å². The van der Waals surface area contributed by atoms with E-state index < -0.39 is 0 Å². The lowest BCUT2D eigenvalue weighted by Gasteiger charge is -1.64. The minimum absolute atomic E-state index is 1.02. The van der Waals surface area contributed by atoms with Crippen LogP contribution in [0.25, 0.3) is 0 Å². The molecule has 0 nitrogen and oxygen atoms in total. The van der Waals surface area contributed by atoms with Gasteiger partial charge in [-0.05, 0) is 31.9 Å². The zero-order valence-corrected chi connectivity index (χ0v) is 7.23. The summed E-state index contributed by atoms with van der Waals surface area (Å²) in [5.74, 6) is 0. The quantitative estimate of drug-likeness (QED) is 0.654. The topological polar surface area (TPSA) is 0 Å². The van der Waals surface area contributed by atoms with E-state index in [1.165, 1.54) is 0 Å². The van der Waals surface area contributed by atoms with Crippen LogP contribution < -0.4 is 0 Å². The molecule has 0 saturated carbocycles. The number of hydrogen-bond donors (Lipinski definition) is 0. The van der Waals surface area contributed by atoms with Gasteiger partial charge in [0.1, 0.15) is 0 Å². The van der Waals surface area contributed by atoms with Gasteiger partial charge in [-0.15, -0.1) is 11.3 Å². The van der Waals surface area contributed by atoms with Crippen LogP contribution in [0.5, 0.6) is 0 Å². The Bertz CT molecular complexity index is 142. The molecule has 1 aromatic rings. The van der Waals surface area contributed by atoms with Crippen molar-refractivity contribution in [3.05, 3.63) is 19.7 Å². The molecule has 1 aromatic heterocycles. The zero-order chi connectivity index (χ0) is 5.28. The monoisotopic (exact) mass is 239 g/mol. The van der Waals surface area contributed by atoms with Gasteiger partial charge in [0.2, 0.25) is 0 Å². The van der Waals surface area contributed by atoms with E-state index in [4.69, 9.17) is 0 Å². The second-order valence-electron chi connectivity index (χ2n) is 0.982. The summed E-state index contributed by atoms with van der Waals surface area (Å²) in [6, 6.07) is 2.99. The highest BCUT2D eigenvalue weighted by Crippen LogP contribution is 2.23. The molecule has 0 fully saturated rings. The molecule has 0 spiro atoms. The average molecular weight is 241 g/mol. The molecule has 0 aromatic carbocycles. The van der Waals surface area contributed by atoms with Crippen LogP contribution in [0, 0.1) is 6.07 Å². The van der Waals surface area contributed by atoms with Crippen molar-refractivity contribution in [2.24, 2.45) is 0 Å². The molecule has 0 saturated heterocycles. The summed E-state index contributed by atoms with van der Waals surface area (Å²) in [7, 11) is 0. The molecule has 0 aliphatic carbocycles. The summed E-state index contributed by atoms with van der Waals surface area (Å²) in [5, 5.41) is 1.98. The van der Waals surface area contributed by atoms with Gasteiger partial charge in [0.25, 0.3) is 0 Å². The summed E-state index contributed by atoms with van der Waals surface area (Å²) in [4.78, 5) is 0. The summed E-state index contributed by atoms with van der Waals surface area (Å²) in [6.45, 7) is 0. The largest absolute Gasteiger partial charge is 0.135 e. The van der Waals surface area contributed by atoms with Crippen molar-refractivity contribution in [1.29, 1.82) is 0 Å². The molecule has 0 amide bonds. The van der Waals surface area contributed by atoms with E-state index in [-0.39, 0.29) is 0 Å². The van der Waals surface area contributed by atoms with Gasteiger partial charge in [0.15, 0.2) is 0 Å². The summed E-state index contributed by atoms with van der Waals surface area (Å²) < 4.78 is 2.06. The lowest BCUT2D eigenvalue weighted by Crippen LogP contribution is -1.41. The predicted molar refractivity (Wildman–Crippen MR) is 38.6 cm³/mol. The Morgan fingerprint density at radius 1 is 1.57 bits per heavy atom. The number of halogens is 2. The van der Waals surface area contributed by atoms with Crippen LogP contribution in [0.15, 0.2) is 13.6 Å². The Balaban J connectivity index is 3.04. The minimum atomic E-state index is 1.02. The number of hydrogen-bond acceptors (Lipinski definition) is 1. The lowest BCUT2D eigenvalue weighted by molar-refractivity contribution is 1.83. The van der Waals surface area contributed by atoms with Crippen molar-refractivity contribution in [3.63, 3.8) is 0 Å². The van der Waals surface area contributed by atoms with Crippen LogP contribution in [-0.4, -0.2) is 0 Å². The van der Waals surface area contributed by atoms with E-state index in [2.05, 4.69) is 37.9 Å². The van der Waals surface area contributed by atoms with E-state index in [0.29, 0.717) is 0 Å². The standard InChI is InChI=1S/C4HBr2S/c5-3-1-4(6)7-2-3/h2H. The highest BCUT2D eigenvalue weighted by Gasteiger charge is 1.89. The predicted octanol–water partition coefficient (Wildman–Crippen LogP) is 3.07. The number of thiophene rings is 1. The van der Waals surface area contributed by atoms with Crippen LogP contribution in [0.4, 0.5) is 0 Å². The highest BCUT2D eigenvalue weighted by atomic mass is 79.9. The fourth-order valence-corrected chi connectivity index (χ4v) is 2.06. The van der Waals surface area contributed by atoms with Gasteiger partial charge < -0.3 is 0 Å². The van der Waals surface area contributed by atoms with Gasteiger partial charge in [-0.2, -0.15) is 0 Å². The van der Waals surface area contributed by atoms with Crippen molar-refractivity contribution in [2.75, 3.05) is 0 Å². The molecule has 1 radical (unpaired) electrons. The fourth-order valence-electron chi connectivity index (χ4n) is 0.256. The van der Waals surface area contributed by atoms with E-state index in [9.17, 15) is 0 Å². The lowest BCUT2D eigenvalue weighted by atomic mass is 10.7. The van der Waals surface area contributed by atoms with E-state index in [1.807, 2.05) is 5.38 Å². The highest BCUT2D eigenvalue weighted by molar-refractivity contribution is 9.11. The Labute approximate surface area is 62.8 Å². The van der Waals surface area contributed by atoms with Crippen LogP contribution in [-0.2, 0) is 0 Å². The molecular formula is C4HBr2S. The van der Waals surface area contributed by atoms with E-state index in [0.717, 1.165) is 8.26 Å². The maximum atomic E-state index is 3.27. The Morgan fingerprint density at radius 3 is 2.43 bits per heavy atom. The molecule has 0 bridgehead atoms. The van der Waals surface area contributed by atoms with Crippen molar-refractivity contribution < 1.29 is 0 Å². The Kier molecular flexibility index (Phi) is 1.89. The first-order chi connectivity index (χ1) is 3.29. The molecule has 3 heteroatoms. The van der Waals surface area contributed by atoms with Gasteiger partial charge in [-0.1, -0.05) is 0 Å². The van der Waals surface area contributed by atoms with Crippen molar-refractivity contribution >= 4 is 43.2 Å². The van der Waals surface area contributed by atoms with E-state index >= 15 is 0 Å². The first-order valence-electron chi connectivity index (χ1n) is 1.61.